The number of furan rings is 1. The molecule has 1 radical (unpaired) electrons. The number of imidazole rings is 1. The van der Waals surface area contributed by atoms with Crippen LogP contribution in [0.3, 0.4) is 0 Å². The van der Waals surface area contributed by atoms with Crippen LogP contribution in [0.5, 0.6) is 0 Å². The monoisotopic (exact) mass is 882 g/mol. The third-order valence-corrected chi connectivity index (χ3v) is 12.9. The van der Waals surface area contributed by atoms with Crippen molar-refractivity contribution in [3.63, 3.8) is 0 Å². The molecule has 0 unspecified atom stereocenters. The van der Waals surface area contributed by atoms with Gasteiger partial charge in [-0.2, -0.15) is 0 Å². The topological polar surface area (TPSA) is 69.6 Å². The maximum Gasteiger partial charge on any atom is 0.124 e. The summed E-state index contributed by atoms with van der Waals surface area (Å²) in [5.41, 5.74) is 10.7. The average molecular weight is 881 g/mol. The Morgan fingerprint density at radius 2 is 1.53 bits per heavy atom. The minimum atomic E-state index is -1.80. The van der Waals surface area contributed by atoms with Crippen LogP contribution in [-0.4, -0.2) is 37.8 Å². The van der Waals surface area contributed by atoms with E-state index in [1.807, 2.05) is 86.9 Å². The molecule has 0 amide bonds. The molecule has 0 aliphatic heterocycles. The van der Waals surface area contributed by atoms with Gasteiger partial charge in [0.15, 0.2) is 0 Å². The number of fused-ring (bicyclic) bond motifs is 4. The van der Waals surface area contributed by atoms with Crippen LogP contribution in [0.2, 0.25) is 17.3 Å². The average Bonchev–Trinajstić information content (AvgIpc) is 3.66. The summed E-state index contributed by atoms with van der Waals surface area (Å²) in [5, 5.41) is 2.00. The normalized spacial score (nSPS) is 11.4. The maximum atomic E-state index is 6.29. The Morgan fingerprint density at radius 3 is 2.27 bits per heavy atom. The Kier molecular flexibility index (Phi) is 9.98. The Balaban J connectivity index is 0.000000189. The molecule has 8 aromatic rings. The Labute approximate surface area is 303 Å². The van der Waals surface area contributed by atoms with E-state index >= 15 is 0 Å². The van der Waals surface area contributed by atoms with Crippen LogP contribution < -0.4 is 4.40 Å². The minimum Gasteiger partial charge on any atom is -0.500 e. The molecule has 0 spiro atoms. The van der Waals surface area contributed by atoms with E-state index in [9.17, 15) is 0 Å². The molecule has 8 heteroatoms. The zero-order valence-corrected chi connectivity index (χ0v) is 33.0. The van der Waals surface area contributed by atoms with E-state index in [-0.39, 0.29) is 20.1 Å². The first-order chi connectivity index (χ1) is 23.2. The van der Waals surface area contributed by atoms with E-state index in [1.54, 1.807) is 0 Å². The molecule has 0 saturated heterocycles. The number of aryl methyl sites for hydroxylation is 3. The molecule has 5 aromatic heterocycles. The van der Waals surface area contributed by atoms with Gasteiger partial charge in [0.1, 0.15) is 5.58 Å². The maximum absolute atomic E-state index is 6.29. The second-order valence-corrected chi connectivity index (χ2v) is 23.6. The van der Waals surface area contributed by atoms with Gasteiger partial charge in [-0.25, -0.2) is 0 Å². The molecular weight excluding hydrogens is 843 g/mol. The summed E-state index contributed by atoms with van der Waals surface area (Å²) in [7, 11) is 0. The van der Waals surface area contributed by atoms with Crippen molar-refractivity contribution < 1.29 is 24.5 Å². The number of rotatable bonds is 5. The summed E-state index contributed by atoms with van der Waals surface area (Å²) in [6.45, 7) is 6.16. The van der Waals surface area contributed by atoms with Gasteiger partial charge in [0.25, 0.3) is 0 Å². The molecule has 3 aromatic carbocycles. The second kappa shape index (κ2) is 14.2. The summed E-state index contributed by atoms with van der Waals surface area (Å²) in [5.74, 6) is 8.04. The van der Waals surface area contributed by atoms with Crippen molar-refractivity contribution in [1.29, 1.82) is 0 Å². The molecule has 0 fully saturated rings. The van der Waals surface area contributed by atoms with Gasteiger partial charge in [-0.05, 0) is 32.0 Å². The van der Waals surface area contributed by atoms with Gasteiger partial charge in [-0.3, -0.25) is 15.0 Å². The van der Waals surface area contributed by atoms with Crippen molar-refractivity contribution in [3.8, 4) is 28.3 Å². The summed E-state index contributed by atoms with van der Waals surface area (Å²) < 4.78 is 9.93. The number of hydrogen-bond donors (Lipinski definition) is 0. The van der Waals surface area contributed by atoms with Gasteiger partial charge < -0.3 is 8.98 Å². The van der Waals surface area contributed by atoms with Crippen molar-refractivity contribution in [2.75, 3.05) is 0 Å². The fourth-order valence-corrected chi connectivity index (χ4v) is 9.64. The van der Waals surface area contributed by atoms with E-state index < -0.39 is 13.3 Å². The van der Waals surface area contributed by atoms with Crippen LogP contribution >= 0.6 is 0 Å². The van der Waals surface area contributed by atoms with Crippen LogP contribution in [0.1, 0.15) is 23.9 Å². The molecule has 0 N–H and O–H groups in total. The van der Waals surface area contributed by atoms with Crippen molar-refractivity contribution in [2.24, 2.45) is 0 Å². The molecule has 49 heavy (non-hydrogen) atoms. The SMILES string of the molecule is CCc1cc(-c2[c-]cccc2)nc[c]1[Ge]([CH3])([CH3])[CH3].Cc1cc2nc(-c3[c-]ccc4c3oc3cc(C)ncc34)n(-c3ccccc3)c2cn1.[Ir]. The first kappa shape index (κ1) is 34.4. The molecule has 0 bridgehead atoms. The molecule has 0 atom stereocenters. The third-order valence-electron chi connectivity index (χ3n) is 8.53. The van der Waals surface area contributed by atoms with Gasteiger partial charge in [0.05, 0.1) is 28.6 Å². The van der Waals surface area contributed by atoms with E-state index in [1.165, 1.54) is 9.96 Å². The van der Waals surface area contributed by atoms with Crippen molar-refractivity contribution in [1.82, 2.24) is 24.5 Å². The van der Waals surface area contributed by atoms with Crippen molar-refractivity contribution >= 4 is 50.6 Å². The molecule has 0 aliphatic rings. The molecule has 247 valence electrons. The van der Waals surface area contributed by atoms with Crippen molar-refractivity contribution in [2.45, 2.75) is 44.5 Å². The molecule has 6 nitrogen and oxygen atoms in total. The summed E-state index contributed by atoms with van der Waals surface area (Å²) >= 11 is -1.80. The minimum absolute atomic E-state index is 0. The predicted octanol–water partition coefficient (Wildman–Crippen LogP) is 9.45. The number of benzene rings is 3. The van der Waals surface area contributed by atoms with E-state index in [0.717, 1.165) is 79.1 Å². The third kappa shape index (κ3) is 6.89. The Morgan fingerprint density at radius 1 is 0.776 bits per heavy atom. The molecule has 0 saturated carbocycles. The quantitative estimate of drug-likeness (QED) is 0.127. The van der Waals surface area contributed by atoms with Crippen LogP contribution in [0, 0.1) is 26.0 Å². The number of para-hydroxylation sites is 1. The zero-order valence-electron chi connectivity index (χ0n) is 28.5. The number of pyridine rings is 3. The molecule has 8 rings (SSSR count). The largest absolute Gasteiger partial charge is 0.500 e. The van der Waals surface area contributed by atoms with E-state index in [0.29, 0.717) is 0 Å². The van der Waals surface area contributed by atoms with Crippen LogP contribution in [-0.2, 0) is 26.5 Å². The van der Waals surface area contributed by atoms with Crippen LogP contribution in [0.4, 0.5) is 0 Å². The van der Waals surface area contributed by atoms with Crippen LogP contribution in [0.15, 0.2) is 108 Å². The Hall–Kier alpha value is -4.43. The fraction of sp³-hybridized carbons (Fsp3) is 0.171. The first-order valence-electron chi connectivity index (χ1n) is 16.3. The van der Waals surface area contributed by atoms with Crippen molar-refractivity contribution in [3.05, 3.63) is 133 Å². The zero-order chi connectivity index (χ0) is 33.4. The molecule has 0 aliphatic carbocycles. The molecular formula is C41H37GeIrN5O-2. The smallest absolute Gasteiger partial charge is 0.124 e. The summed E-state index contributed by atoms with van der Waals surface area (Å²) in [6, 6.07) is 35.0. The van der Waals surface area contributed by atoms with Crippen LogP contribution in [0.25, 0.3) is 61.3 Å². The number of hydrogen-bond acceptors (Lipinski definition) is 5. The summed E-state index contributed by atoms with van der Waals surface area (Å²) in [6.07, 6.45) is 6.93. The predicted molar refractivity (Wildman–Crippen MR) is 199 cm³/mol. The number of aromatic nitrogens is 5. The van der Waals surface area contributed by atoms with Gasteiger partial charge in [0, 0.05) is 54.8 Å². The van der Waals surface area contributed by atoms with Gasteiger partial charge in [-0.1, -0.05) is 29.1 Å². The Bertz CT molecular complexity index is 2400. The molecule has 5 heterocycles. The van der Waals surface area contributed by atoms with E-state index in [2.05, 4.69) is 86.3 Å². The number of nitrogens with zero attached hydrogens (tertiary/aromatic N) is 5. The van der Waals surface area contributed by atoms with E-state index in [4.69, 9.17) is 9.40 Å². The fourth-order valence-electron chi connectivity index (χ4n) is 6.15. The summed E-state index contributed by atoms with van der Waals surface area (Å²) in [4.78, 5) is 18.6. The second-order valence-electron chi connectivity index (χ2n) is 13.0. The van der Waals surface area contributed by atoms with Gasteiger partial charge in [0.2, 0.25) is 0 Å². The van der Waals surface area contributed by atoms with Gasteiger partial charge in [-0.15, -0.1) is 18.2 Å². The standard InChI is InChI=1S/C25H17N4O.C16H20GeN.Ir/c1-15-11-21-22(14-27-15)29(17-7-4-3-5-8-17)25(28-21)19-10-6-9-18-20-13-26-16(2)12-23(20)30-24(18)19;1-5-13-11-16(14-9-7-6-8-10-14)18-12-15(13)17(2,3)4;/h3-9,11-14H,1-2H3;6-9,11-12H,5H2,1-4H3;/q2*-1;. The van der Waals surface area contributed by atoms with Gasteiger partial charge >= 0.3 is 113 Å². The first-order valence-corrected chi connectivity index (χ1v) is 23.6.